The van der Waals surface area contributed by atoms with Crippen molar-refractivity contribution in [2.45, 2.75) is 91.5 Å². The molecule has 0 aliphatic carbocycles. The van der Waals surface area contributed by atoms with E-state index >= 15 is 0 Å². The van der Waals surface area contributed by atoms with E-state index in [0.29, 0.717) is 4.42 Å². The Balaban J connectivity index is 0.000000377. The van der Waals surface area contributed by atoms with E-state index < -0.39 is 28.2 Å². The summed E-state index contributed by atoms with van der Waals surface area (Å²) in [5.41, 5.74) is 0.724. The van der Waals surface area contributed by atoms with Crippen molar-refractivity contribution in [3.05, 3.63) is 35.9 Å². The van der Waals surface area contributed by atoms with Gasteiger partial charge in [-0.1, -0.05) is 83.7 Å². The Kier molecular flexibility index (Phi) is 15.3. The van der Waals surface area contributed by atoms with Crippen LogP contribution in [0.1, 0.15) is 84.6 Å². The molecule has 1 fully saturated rings. The quantitative estimate of drug-likeness (QED) is 0.129. The molecular formula is C27H47ClN3O5S+. The zero-order chi connectivity index (χ0) is 27.9. The minimum Gasteiger partial charge on any atom is -0.324 e. The Labute approximate surface area is 229 Å². The van der Waals surface area contributed by atoms with E-state index in [1.54, 1.807) is 30.3 Å². The fourth-order valence-electron chi connectivity index (χ4n) is 4.42. The van der Waals surface area contributed by atoms with Crippen LogP contribution in [0.2, 0.25) is 0 Å². The first-order chi connectivity index (χ1) is 17.5. The Hall–Kier alpha value is -1.68. The van der Waals surface area contributed by atoms with Crippen molar-refractivity contribution in [3.63, 3.8) is 0 Å². The summed E-state index contributed by atoms with van der Waals surface area (Å²) >= 11 is 5.75. The van der Waals surface area contributed by atoms with Gasteiger partial charge in [-0.25, -0.2) is 8.72 Å². The van der Waals surface area contributed by atoms with Gasteiger partial charge in [0, 0.05) is 11.8 Å². The molecule has 0 saturated carbocycles. The Bertz CT molecular complexity index is 876. The van der Waals surface area contributed by atoms with Crippen molar-refractivity contribution in [1.82, 2.24) is 8.72 Å². The SMILES string of the molecule is CCCC[N+](CCCC)(CCCC)CCCC.O=C(Cc1ccccc1)N(Cl)C1CN(S(=O)(=O)O)C1=O. The van der Waals surface area contributed by atoms with E-state index in [1.165, 1.54) is 82.0 Å². The van der Waals surface area contributed by atoms with Crippen LogP contribution in [0.3, 0.4) is 0 Å². The molecule has 2 amide bonds. The monoisotopic (exact) mass is 560 g/mol. The van der Waals surface area contributed by atoms with Crippen LogP contribution < -0.4 is 0 Å². The first-order valence-electron chi connectivity index (χ1n) is 13.7. The maximum atomic E-state index is 11.9. The van der Waals surface area contributed by atoms with Gasteiger partial charge in [0.25, 0.3) is 5.91 Å². The van der Waals surface area contributed by atoms with E-state index in [9.17, 15) is 18.0 Å². The standard InChI is InChI=1S/C16H36N.C11H11ClN2O5S/c1-5-9-13-17(14-10-6-2,15-11-7-3)16-12-8-4;12-14(9-7-13(11(9)16)20(17,18)19)10(15)6-8-4-2-1-3-5-8/h5-16H2,1-4H3;1-5,9H,6-7H2,(H,17,18,19)/q+1;. The number of halogens is 1. The lowest BCUT2D eigenvalue weighted by Gasteiger charge is -2.39. The van der Waals surface area contributed by atoms with Gasteiger partial charge in [0.2, 0.25) is 5.91 Å². The van der Waals surface area contributed by atoms with Crippen LogP contribution in [0.4, 0.5) is 0 Å². The first kappa shape index (κ1) is 33.3. The number of nitrogens with zero attached hydrogens (tertiary/aromatic N) is 3. The fourth-order valence-corrected chi connectivity index (χ4v) is 5.30. The van der Waals surface area contributed by atoms with Gasteiger partial charge < -0.3 is 4.48 Å². The number of carbonyl (C=O) groups is 2. The molecule has 1 aliphatic rings. The molecule has 2 rings (SSSR count). The zero-order valence-corrected chi connectivity index (χ0v) is 24.6. The predicted octanol–water partition coefficient (Wildman–Crippen LogP) is 5.23. The number of quaternary nitrogens is 1. The Morgan fingerprint density at radius 1 is 0.946 bits per heavy atom. The molecule has 0 spiro atoms. The summed E-state index contributed by atoms with van der Waals surface area (Å²) in [5, 5.41) is 0. The van der Waals surface area contributed by atoms with Crippen molar-refractivity contribution in [3.8, 4) is 0 Å². The van der Waals surface area contributed by atoms with Gasteiger partial charge >= 0.3 is 10.3 Å². The number of unbranched alkanes of at least 4 members (excludes halogenated alkanes) is 4. The van der Waals surface area contributed by atoms with Gasteiger partial charge in [0.1, 0.15) is 6.04 Å². The number of hydrogen-bond donors (Lipinski definition) is 1. The molecule has 1 aromatic carbocycles. The lowest BCUT2D eigenvalue weighted by molar-refractivity contribution is -0.929. The van der Waals surface area contributed by atoms with Crippen molar-refractivity contribution in [1.29, 1.82) is 0 Å². The highest BCUT2D eigenvalue weighted by molar-refractivity contribution is 7.84. The van der Waals surface area contributed by atoms with Crippen LogP contribution in [-0.2, 0) is 26.3 Å². The molecule has 8 nitrogen and oxygen atoms in total. The Morgan fingerprint density at radius 2 is 1.38 bits per heavy atom. The third-order valence-corrected chi connectivity index (χ3v) is 8.11. The number of hydrogen-bond acceptors (Lipinski definition) is 4. The summed E-state index contributed by atoms with van der Waals surface area (Å²) in [6.45, 7) is 14.7. The highest BCUT2D eigenvalue weighted by Crippen LogP contribution is 2.22. The highest BCUT2D eigenvalue weighted by atomic mass is 35.5. The summed E-state index contributed by atoms with van der Waals surface area (Å²) in [6, 6.07) is 7.71. The van der Waals surface area contributed by atoms with Crippen LogP contribution in [0.25, 0.3) is 0 Å². The summed E-state index contributed by atoms with van der Waals surface area (Å²) in [6.07, 6.45) is 11.1. The molecule has 1 atom stereocenters. The first-order valence-corrected chi connectivity index (χ1v) is 15.4. The van der Waals surface area contributed by atoms with Gasteiger partial charge in [-0.3, -0.25) is 14.1 Å². The molecule has 1 unspecified atom stereocenters. The van der Waals surface area contributed by atoms with Gasteiger partial charge in [-0.05, 0) is 31.2 Å². The number of β-lactam (4-membered cyclic amide) rings is 1. The molecular weight excluding hydrogens is 514 g/mol. The minimum atomic E-state index is -4.58. The van der Waals surface area contributed by atoms with Crippen LogP contribution in [-0.4, -0.2) is 76.8 Å². The number of amides is 2. The van der Waals surface area contributed by atoms with E-state index in [4.69, 9.17) is 16.3 Å². The highest BCUT2D eigenvalue weighted by Gasteiger charge is 2.48. The van der Waals surface area contributed by atoms with Gasteiger partial charge in [-0.2, -0.15) is 8.42 Å². The molecule has 37 heavy (non-hydrogen) atoms. The molecule has 1 N–H and O–H groups in total. The summed E-state index contributed by atoms with van der Waals surface area (Å²) in [7, 11) is -4.58. The smallest absolute Gasteiger partial charge is 0.324 e. The van der Waals surface area contributed by atoms with Gasteiger partial charge in [0.15, 0.2) is 0 Å². The normalized spacial score (nSPS) is 15.6. The minimum absolute atomic E-state index is 0.00000496. The molecule has 0 aromatic heterocycles. The molecule has 1 aliphatic heterocycles. The fraction of sp³-hybridized carbons (Fsp3) is 0.704. The molecule has 1 saturated heterocycles. The lowest BCUT2D eigenvalue weighted by Crippen LogP contribution is -2.64. The van der Waals surface area contributed by atoms with Crippen LogP contribution in [0.5, 0.6) is 0 Å². The van der Waals surface area contributed by atoms with Crippen molar-refractivity contribution in [2.75, 3.05) is 32.7 Å². The lowest BCUT2D eigenvalue weighted by atomic mass is 10.1. The van der Waals surface area contributed by atoms with Gasteiger partial charge in [-0.15, -0.1) is 0 Å². The van der Waals surface area contributed by atoms with E-state index in [1.807, 2.05) is 0 Å². The zero-order valence-electron chi connectivity index (χ0n) is 23.1. The van der Waals surface area contributed by atoms with Gasteiger partial charge in [0.05, 0.1) is 39.1 Å². The molecule has 10 heteroatoms. The predicted molar refractivity (Wildman–Crippen MR) is 149 cm³/mol. The van der Waals surface area contributed by atoms with Crippen molar-refractivity contribution < 1.29 is 27.0 Å². The van der Waals surface area contributed by atoms with Crippen molar-refractivity contribution >= 4 is 33.9 Å². The van der Waals surface area contributed by atoms with E-state index in [0.717, 1.165) is 5.56 Å². The maximum absolute atomic E-state index is 11.9. The van der Waals surface area contributed by atoms with Crippen molar-refractivity contribution in [2.24, 2.45) is 0 Å². The van der Waals surface area contributed by atoms with E-state index in [2.05, 4.69) is 27.7 Å². The second-order valence-electron chi connectivity index (χ2n) is 9.88. The molecule has 0 radical (unpaired) electrons. The number of rotatable bonds is 16. The largest absolute Gasteiger partial charge is 0.362 e. The third kappa shape index (κ3) is 11.3. The maximum Gasteiger partial charge on any atom is 0.362 e. The van der Waals surface area contributed by atoms with Crippen LogP contribution in [0, 0.1) is 0 Å². The van der Waals surface area contributed by atoms with Crippen LogP contribution >= 0.6 is 11.8 Å². The summed E-state index contributed by atoms with van der Waals surface area (Å²) < 4.78 is 32.6. The topological polar surface area (TPSA) is 95.0 Å². The third-order valence-electron chi connectivity index (χ3n) is 6.80. The molecule has 212 valence electrons. The van der Waals surface area contributed by atoms with Crippen LogP contribution in [0.15, 0.2) is 30.3 Å². The average Bonchev–Trinajstić information content (AvgIpc) is 2.87. The molecule has 1 aromatic rings. The molecule has 1 heterocycles. The second-order valence-corrected chi connectivity index (χ2v) is 11.6. The molecule has 0 bridgehead atoms. The Morgan fingerprint density at radius 3 is 1.73 bits per heavy atom. The summed E-state index contributed by atoms with van der Waals surface area (Å²) in [5.74, 6) is -1.45. The average molecular weight is 561 g/mol. The summed E-state index contributed by atoms with van der Waals surface area (Å²) in [4.78, 5) is 23.4. The van der Waals surface area contributed by atoms with E-state index in [-0.39, 0.29) is 17.3 Å². The second kappa shape index (κ2) is 17.0. The number of carbonyl (C=O) groups excluding carboxylic acids is 2. The number of benzene rings is 1.